The van der Waals surface area contributed by atoms with E-state index in [0.717, 1.165) is 51.0 Å². The number of likely N-dealkylation sites (tertiary alicyclic amines) is 1. The minimum atomic E-state index is -0.251. The molecular formula is C15H23ClN4O2. The van der Waals surface area contributed by atoms with Crippen molar-refractivity contribution in [2.24, 2.45) is 7.05 Å². The first-order valence-corrected chi connectivity index (χ1v) is 8.33. The van der Waals surface area contributed by atoms with E-state index in [0.29, 0.717) is 6.04 Å². The number of aliphatic hydroxyl groups is 1. The van der Waals surface area contributed by atoms with Crippen molar-refractivity contribution >= 4 is 17.3 Å². The maximum absolute atomic E-state index is 12.0. The number of rotatable bonds is 4. The Morgan fingerprint density at radius 1 is 1.32 bits per heavy atom. The summed E-state index contributed by atoms with van der Waals surface area (Å²) < 4.78 is 1.26. The summed E-state index contributed by atoms with van der Waals surface area (Å²) in [6, 6.07) is 0.609. The lowest BCUT2D eigenvalue weighted by atomic mass is 10.1. The molecule has 122 valence electrons. The maximum atomic E-state index is 12.0. The van der Waals surface area contributed by atoms with Crippen LogP contribution in [0.25, 0.3) is 0 Å². The monoisotopic (exact) mass is 326 g/mol. The van der Waals surface area contributed by atoms with Gasteiger partial charge in [0.15, 0.2) is 0 Å². The summed E-state index contributed by atoms with van der Waals surface area (Å²) in [6.45, 7) is 3.08. The van der Waals surface area contributed by atoms with E-state index in [2.05, 4.69) is 14.9 Å². The standard InChI is InChI=1S/C15H23ClN4O2/c1-18-15(22)14(16)13(8-17-18)20-7-3-4-11(20)9-19-6-2-5-12(19)10-21/h8,11-12,21H,2-7,9-10H2,1H3. The molecule has 0 saturated carbocycles. The zero-order valence-electron chi connectivity index (χ0n) is 12.9. The van der Waals surface area contributed by atoms with Gasteiger partial charge in [-0.3, -0.25) is 9.69 Å². The fourth-order valence-electron chi connectivity index (χ4n) is 3.66. The molecule has 6 nitrogen and oxygen atoms in total. The molecule has 2 fully saturated rings. The lowest BCUT2D eigenvalue weighted by Crippen LogP contribution is -2.44. The normalized spacial score (nSPS) is 26.0. The van der Waals surface area contributed by atoms with Gasteiger partial charge < -0.3 is 10.0 Å². The molecule has 2 atom stereocenters. The van der Waals surface area contributed by atoms with Gasteiger partial charge in [-0.1, -0.05) is 11.6 Å². The van der Waals surface area contributed by atoms with Crippen LogP contribution in [-0.4, -0.2) is 58.1 Å². The van der Waals surface area contributed by atoms with Gasteiger partial charge in [-0.15, -0.1) is 0 Å². The van der Waals surface area contributed by atoms with Crippen molar-refractivity contribution in [3.8, 4) is 0 Å². The first-order valence-electron chi connectivity index (χ1n) is 7.95. The van der Waals surface area contributed by atoms with Crippen LogP contribution in [-0.2, 0) is 7.05 Å². The summed E-state index contributed by atoms with van der Waals surface area (Å²) in [7, 11) is 1.61. The van der Waals surface area contributed by atoms with Gasteiger partial charge in [0, 0.05) is 32.2 Å². The van der Waals surface area contributed by atoms with Crippen molar-refractivity contribution in [1.29, 1.82) is 0 Å². The van der Waals surface area contributed by atoms with Gasteiger partial charge in [0.1, 0.15) is 5.02 Å². The molecule has 2 saturated heterocycles. The highest BCUT2D eigenvalue weighted by Gasteiger charge is 2.32. The summed E-state index contributed by atoms with van der Waals surface area (Å²) in [5, 5.41) is 13.8. The number of aryl methyl sites for hydroxylation is 1. The molecule has 0 spiro atoms. The lowest BCUT2D eigenvalue weighted by molar-refractivity contribution is 0.153. The molecule has 22 heavy (non-hydrogen) atoms. The van der Waals surface area contributed by atoms with E-state index in [4.69, 9.17) is 11.6 Å². The summed E-state index contributed by atoms with van der Waals surface area (Å²) in [6.07, 6.45) is 6.08. The quantitative estimate of drug-likeness (QED) is 0.889. The Morgan fingerprint density at radius 2 is 2.05 bits per heavy atom. The SMILES string of the molecule is Cn1ncc(N2CCCC2CN2CCCC2CO)c(Cl)c1=O. The van der Waals surface area contributed by atoms with E-state index in [1.165, 1.54) is 4.68 Å². The van der Waals surface area contributed by atoms with Crippen molar-refractivity contribution in [3.05, 3.63) is 21.6 Å². The topological polar surface area (TPSA) is 61.6 Å². The van der Waals surface area contributed by atoms with Crippen molar-refractivity contribution in [1.82, 2.24) is 14.7 Å². The van der Waals surface area contributed by atoms with Crippen LogP contribution in [0.3, 0.4) is 0 Å². The molecule has 2 aliphatic heterocycles. The minimum absolute atomic E-state index is 0.223. The molecule has 1 aromatic rings. The molecule has 1 N–H and O–H groups in total. The zero-order chi connectivity index (χ0) is 15.7. The molecule has 0 amide bonds. The van der Waals surface area contributed by atoms with Crippen molar-refractivity contribution in [3.63, 3.8) is 0 Å². The Balaban J connectivity index is 1.79. The third-order valence-electron chi connectivity index (χ3n) is 4.90. The van der Waals surface area contributed by atoms with Gasteiger partial charge in [-0.25, -0.2) is 4.68 Å². The summed E-state index contributed by atoms with van der Waals surface area (Å²) in [5.41, 5.74) is 0.492. The molecular weight excluding hydrogens is 304 g/mol. The maximum Gasteiger partial charge on any atom is 0.287 e. The summed E-state index contributed by atoms with van der Waals surface area (Å²) in [4.78, 5) is 16.6. The van der Waals surface area contributed by atoms with Crippen LogP contribution in [0.2, 0.25) is 5.02 Å². The second-order valence-electron chi connectivity index (χ2n) is 6.24. The van der Waals surface area contributed by atoms with Crippen LogP contribution >= 0.6 is 11.6 Å². The molecule has 0 aromatic carbocycles. The second kappa shape index (κ2) is 6.56. The third-order valence-corrected chi connectivity index (χ3v) is 5.26. The third kappa shape index (κ3) is 2.87. The highest BCUT2D eigenvalue weighted by atomic mass is 35.5. The van der Waals surface area contributed by atoms with E-state index in [9.17, 15) is 9.90 Å². The van der Waals surface area contributed by atoms with E-state index >= 15 is 0 Å². The summed E-state index contributed by atoms with van der Waals surface area (Å²) in [5.74, 6) is 0. The first-order chi connectivity index (χ1) is 10.6. The predicted octanol–water partition coefficient (Wildman–Crippen LogP) is 0.859. The van der Waals surface area contributed by atoms with Gasteiger partial charge in [0.05, 0.1) is 18.5 Å². The van der Waals surface area contributed by atoms with Gasteiger partial charge in [0.25, 0.3) is 5.56 Å². The lowest BCUT2D eigenvalue weighted by Gasteiger charge is -2.32. The highest BCUT2D eigenvalue weighted by Crippen LogP contribution is 2.30. The number of hydrogen-bond acceptors (Lipinski definition) is 5. The van der Waals surface area contributed by atoms with Gasteiger partial charge in [0.2, 0.25) is 0 Å². The number of aromatic nitrogens is 2. The van der Waals surface area contributed by atoms with E-state index in [-0.39, 0.29) is 23.2 Å². The van der Waals surface area contributed by atoms with E-state index in [1.54, 1.807) is 13.2 Å². The average molecular weight is 327 g/mol. The fraction of sp³-hybridized carbons (Fsp3) is 0.733. The number of anilines is 1. The first kappa shape index (κ1) is 15.8. The number of halogens is 1. The predicted molar refractivity (Wildman–Crippen MR) is 86.5 cm³/mol. The molecule has 2 aliphatic rings. The molecule has 7 heteroatoms. The molecule has 2 unspecified atom stereocenters. The average Bonchev–Trinajstić information content (AvgIpc) is 3.15. The highest BCUT2D eigenvalue weighted by molar-refractivity contribution is 6.33. The van der Waals surface area contributed by atoms with Crippen LogP contribution < -0.4 is 10.5 Å². The van der Waals surface area contributed by atoms with Crippen molar-refractivity contribution in [2.45, 2.75) is 37.8 Å². The number of hydrogen-bond donors (Lipinski definition) is 1. The zero-order valence-corrected chi connectivity index (χ0v) is 13.7. The van der Waals surface area contributed by atoms with Crippen LogP contribution in [0.1, 0.15) is 25.7 Å². The van der Waals surface area contributed by atoms with Crippen molar-refractivity contribution in [2.75, 3.05) is 31.1 Å². The van der Waals surface area contributed by atoms with Crippen LogP contribution in [0, 0.1) is 0 Å². The molecule has 0 aliphatic carbocycles. The van der Waals surface area contributed by atoms with E-state index < -0.39 is 0 Å². The van der Waals surface area contributed by atoms with Gasteiger partial charge in [-0.05, 0) is 32.2 Å². The van der Waals surface area contributed by atoms with Crippen LogP contribution in [0.15, 0.2) is 11.0 Å². The Labute approximate surface area is 135 Å². The Bertz CT molecular complexity index is 591. The van der Waals surface area contributed by atoms with Crippen LogP contribution in [0.5, 0.6) is 0 Å². The minimum Gasteiger partial charge on any atom is -0.395 e. The fourth-order valence-corrected chi connectivity index (χ4v) is 3.94. The Hall–Kier alpha value is -1.11. The Morgan fingerprint density at radius 3 is 2.82 bits per heavy atom. The Kier molecular flexibility index (Phi) is 4.70. The molecule has 0 bridgehead atoms. The number of nitrogens with zero attached hydrogens (tertiary/aromatic N) is 4. The summed E-state index contributed by atoms with van der Waals surface area (Å²) >= 11 is 6.25. The van der Waals surface area contributed by atoms with Crippen molar-refractivity contribution < 1.29 is 5.11 Å². The van der Waals surface area contributed by atoms with E-state index in [1.807, 2.05) is 0 Å². The smallest absolute Gasteiger partial charge is 0.287 e. The number of aliphatic hydroxyl groups excluding tert-OH is 1. The molecule has 1 aromatic heterocycles. The largest absolute Gasteiger partial charge is 0.395 e. The molecule has 3 rings (SSSR count). The van der Waals surface area contributed by atoms with Gasteiger partial charge in [-0.2, -0.15) is 5.10 Å². The molecule has 0 radical (unpaired) electrons. The van der Waals surface area contributed by atoms with Gasteiger partial charge >= 0.3 is 0 Å². The molecule has 3 heterocycles. The van der Waals surface area contributed by atoms with Crippen LogP contribution in [0.4, 0.5) is 5.69 Å². The second-order valence-corrected chi connectivity index (χ2v) is 6.61.